The summed E-state index contributed by atoms with van der Waals surface area (Å²) in [5, 5.41) is 13.0. The summed E-state index contributed by atoms with van der Waals surface area (Å²) in [6.07, 6.45) is 0. The van der Waals surface area contributed by atoms with Gasteiger partial charge in [0.25, 0.3) is 0 Å². The zero-order valence-electron chi connectivity index (χ0n) is 13.6. The number of amidine groups is 1. The Morgan fingerprint density at radius 2 is 2.19 bits per heavy atom. The van der Waals surface area contributed by atoms with Crippen LogP contribution in [0.15, 0.2) is 45.4 Å². The van der Waals surface area contributed by atoms with Crippen molar-refractivity contribution in [3.63, 3.8) is 0 Å². The Hall–Kier alpha value is -1.41. The molecule has 9 heteroatoms. The van der Waals surface area contributed by atoms with Crippen molar-refractivity contribution in [1.29, 1.82) is 0 Å². The molecule has 136 valence electrons. The third kappa shape index (κ3) is 3.53. The minimum atomic E-state index is -1.03. The number of halogens is 3. The molecule has 3 rings (SSSR count). The first-order valence-corrected chi connectivity index (χ1v) is 10.5. The molecule has 0 bridgehead atoms. The average molecular weight is 475 g/mol. The quantitative estimate of drug-likeness (QED) is 0.618. The Labute approximate surface area is 173 Å². The number of hydrogen-bond acceptors (Lipinski definition) is 5. The van der Waals surface area contributed by atoms with Gasteiger partial charge in [-0.1, -0.05) is 45.2 Å². The number of rotatable bonds is 5. The maximum absolute atomic E-state index is 12.1. The van der Waals surface area contributed by atoms with E-state index in [2.05, 4.69) is 25.9 Å². The van der Waals surface area contributed by atoms with E-state index < -0.39 is 12.0 Å². The van der Waals surface area contributed by atoms with Crippen molar-refractivity contribution in [3.05, 3.63) is 61.7 Å². The Balaban J connectivity index is 2.26. The minimum Gasteiger partial charge on any atom is -0.478 e. The fourth-order valence-corrected chi connectivity index (χ4v) is 4.41. The lowest BCUT2D eigenvalue weighted by molar-refractivity contribution is -0.133. The van der Waals surface area contributed by atoms with Gasteiger partial charge < -0.3 is 10.0 Å². The molecule has 1 atom stereocenters. The number of alkyl halides is 1. The number of aliphatic carboxylic acids is 1. The van der Waals surface area contributed by atoms with Gasteiger partial charge in [0.15, 0.2) is 5.84 Å². The molecule has 1 aromatic heterocycles. The third-order valence-electron chi connectivity index (χ3n) is 4.03. The van der Waals surface area contributed by atoms with Crippen LogP contribution in [0.2, 0.25) is 10.0 Å². The predicted molar refractivity (Wildman–Crippen MR) is 109 cm³/mol. The maximum Gasteiger partial charge on any atom is 0.335 e. The number of allylic oxidation sites excluding steroid dienone is 1. The van der Waals surface area contributed by atoms with E-state index in [4.69, 9.17) is 23.2 Å². The summed E-state index contributed by atoms with van der Waals surface area (Å²) in [6.45, 7) is 2.48. The number of carboxylic acids is 1. The van der Waals surface area contributed by atoms with Crippen molar-refractivity contribution >= 4 is 62.3 Å². The number of carbonyl (C=O) groups is 1. The zero-order valence-corrected chi connectivity index (χ0v) is 17.5. The van der Waals surface area contributed by atoms with Gasteiger partial charge in [-0.2, -0.15) is 0 Å². The Morgan fingerprint density at radius 3 is 2.73 bits per heavy atom. The van der Waals surface area contributed by atoms with Gasteiger partial charge in [0.05, 0.1) is 22.8 Å². The van der Waals surface area contributed by atoms with Gasteiger partial charge in [0.2, 0.25) is 0 Å². The van der Waals surface area contributed by atoms with Gasteiger partial charge >= 0.3 is 5.97 Å². The normalized spacial score (nSPS) is 17.5. The highest BCUT2D eigenvalue weighted by molar-refractivity contribution is 9.09. The smallest absolute Gasteiger partial charge is 0.335 e. The highest BCUT2D eigenvalue weighted by Gasteiger charge is 2.37. The molecule has 0 saturated heterocycles. The lowest BCUT2D eigenvalue weighted by atomic mass is 9.93. The van der Waals surface area contributed by atoms with Crippen LogP contribution in [0, 0.1) is 0 Å². The molecule has 0 spiro atoms. The van der Waals surface area contributed by atoms with E-state index in [1.807, 2.05) is 17.2 Å². The maximum atomic E-state index is 12.1. The number of likely N-dealkylation sites (N-methyl/N-ethyl adjacent to an activating group) is 1. The monoisotopic (exact) mass is 473 g/mol. The van der Waals surface area contributed by atoms with Crippen LogP contribution in [0.5, 0.6) is 0 Å². The minimum absolute atomic E-state index is 0.187. The molecular formula is C17H14BrCl2N3O2S. The van der Waals surface area contributed by atoms with E-state index in [-0.39, 0.29) is 5.57 Å². The van der Waals surface area contributed by atoms with Crippen LogP contribution in [0.25, 0.3) is 0 Å². The van der Waals surface area contributed by atoms with Crippen LogP contribution < -0.4 is 0 Å². The van der Waals surface area contributed by atoms with Gasteiger partial charge in [-0.05, 0) is 24.6 Å². The van der Waals surface area contributed by atoms with Crippen molar-refractivity contribution in [2.24, 2.45) is 4.99 Å². The number of aliphatic imine (C=N–C) groups is 1. The topological polar surface area (TPSA) is 65.8 Å². The van der Waals surface area contributed by atoms with Gasteiger partial charge in [0.1, 0.15) is 5.69 Å². The average Bonchev–Trinajstić information content (AvgIpc) is 3.14. The molecule has 26 heavy (non-hydrogen) atoms. The van der Waals surface area contributed by atoms with Crippen molar-refractivity contribution in [2.75, 3.05) is 11.9 Å². The highest BCUT2D eigenvalue weighted by atomic mass is 79.9. The first kappa shape index (κ1) is 19.4. The molecule has 0 amide bonds. The molecule has 2 heterocycles. The van der Waals surface area contributed by atoms with Gasteiger partial charge in [-0.25, -0.2) is 14.8 Å². The van der Waals surface area contributed by atoms with E-state index in [1.54, 1.807) is 23.7 Å². The second-order valence-corrected chi connectivity index (χ2v) is 7.59. The summed E-state index contributed by atoms with van der Waals surface area (Å²) in [5.41, 5.74) is 3.72. The molecule has 1 aromatic carbocycles. The summed E-state index contributed by atoms with van der Waals surface area (Å²) in [4.78, 5) is 22.9. The van der Waals surface area contributed by atoms with Crippen LogP contribution in [0.3, 0.4) is 0 Å². The lowest BCUT2D eigenvalue weighted by Crippen LogP contribution is -2.41. The molecule has 1 N–H and O–H groups in total. The molecular weight excluding hydrogens is 461 g/mol. The third-order valence-corrected chi connectivity index (χ3v) is 5.71. The second kappa shape index (κ2) is 8.08. The van der Waals surface area contributed by atoms with Crippen LogP contribution in [0.1, 0.15) is 24.2 Å². The molecule has 0 saturated carbocycles. The number of hydrogen-bond donors (Lipinski definition) is 1. The Bertz CT molecular complexity index is 899. The molecule has 0 fully saturated rings. The number of benzene rings is 1. The Kier molecular flexibility index (Phi) is 6.02. The summed E-state index contributed by atoms with van der Waals surface area (Å²) in [7, 11) is 0. The highest BCUT2D eigenvalue weighted by Crippen LogP contribution is 2.40. The van der Waals surface area contributed by atoms with Gasteiger partial charge in [-0.15, -0.1) is 11.3 Å². The first-order valence-electron chi connectivity index (χ1n) is 7.69. The molecule has 0 radical (unpaired) electrons. The predicted octanol–water partition coefficient (Wildman–Crippen LogP) is 5.01. The SMILES string of the molecule is CCN1C(c2cscn2)=NC(CBr)=C(C(=O)O)C1c1ccc(Cl)cc1Cl. The number of thiazole rings is 1. The molecule has 1 unspecified atom stereocenters. The van der Waals surface area contributed by atoms with Crippen molar-refractivity contribution in [3.8, 4) is 0 Å². The van der Waals surface area contributed by atoms with Gasteiger partial charge in [0, 0.05) is 27.3 Å². The molecule has 1 aliphatic heterocycles. The number of nitrogens with zero attached hydrogens (tertiary/aromatic N) is 3. The summed E-state index contributed by atoms with van der Waals surface area (Å²) < 4.78 is 0. The lowest BCUT2D eigenvalue weighted by Gasteiger charge is -2.37. The van der Waals surface area contributed by atoms with Crippen molar-refractivity contribution < 1.29 is 9.90 Å². The molecule has 0 aliphatic carbocycles. The van der Waals surface area contributed by atoms with Crippen molar-refractivity contribution in [2.45, 2.75) is 13.0 Å². The molecule has 2 aromatic rings. The largest absolute Gasteiger partial charge is 0.478 e. The van der Waals surface area contributed by atoms with Crippen LogP contribution in [0.4, 0.5) is 0 Å². The second-order valence-electron chi connectivity index (χ2n) is 5.46. The van der Waals surface area contributed by atoms with Crippen LogP contribution >= 0.6 is 50.5 Å². The van der Waals surface area contributed by atoms with E-state index in [0.29, 0.717) is 44.7 Å². The fraction of sp³-hybridized carbons (Fsp3) is 0.235. The van der Waals surface area contributed by atoms with Crippen molar-refractivity contribution in [1.82, 2.24) is 9.88 Å². The standard InChI is InChI=1S/C17H14BrCl2N3O2S/c1-2-23-15(10-4-3-9(19)5-11(10)20)14(17(24)25)12(6-18)22-16(23)13-7-26-8-21-13/h3-5,7-8,15H,2,6H2,1H3,(H,24,25). The van der Waals surface area contributed by atoms with Crippen LogP contribution in [-0.4, -0.2) is 38.7 Å². The van der Waals surface area contributed by atoms with E-state index in [9.17, 15) is 9.90 Å². The number of carboxylic acid groups (broad SMARTS) is 1. The summed E-state index contributed by atoms with van der Waals surface area (Å²) in [5.74, 6) is -0.404. The van der Waals surface area contributed by atoms with E-state index >= 15 is 0 Å². The summed E-state index contributed by atoms with van der Waals surface area (Å²) >= 11 is 17.3. The van der Waals surface area contributed by atoms with E-state index in [1.165, 1.54) is 11.3 Å². The summed E-state index contributed by atoms with van der Waals surface area (Å²) in [6, 6.07) is 4.49. The first-order chi connectivity index (χ1) is 12.5. The van der Waals surface area contributed by atoms with E-state index in [0.717, 1.165) is 0 Å². The number of aromatic nitrogens is 1. The Morgan fingerprint density at radius 1 is 1.42 bits per heavy atom. The zero-order chi connectivity index (χ0) is 18.8. The fourth-order valence-electron chi connectivity index (χ4n) is 2.94. The van der Waals surface area contributed by atoms with Crippen LogP contribution in [-0.2, 0) is 4.79 Å². The molecule has 5 nitrogen and oxygen atoms in total. The van der Waals surface area contributed by atoms with Gasteiger partial charge in [-0.3, -0.25) is 0 Å². The molecule has 1 aliphatic rings.